The first-order chi connectivity index (χ1) is 7.03. The molecule has 0 unspecified atom stereocenters. The second-order valence-corrected chi connectivity index (χ2v) is 6.44. The lowest BCUT2D eigenvalue weighted by molar-refractivity contribution is 0.597. The van der Waals surface area contributed by atoms with Crippen LogP contribution in [-0.4, -0.2) is 31.5 Å². The molecule has 6 heteroatoms. The van der Waals surface area contributed by atoms with Crippen molar-refractivity contribution < 1.29 is 8.42 Å². The van der Waals surface area contributed by atoms with Crippen LogP contribution in [0.1, 0.15) is 6.92 Å². The highest BCUT2D eigenvalue weighted by atomic mass is 79.9. The fourth-order valence-corrected chi connectivity index (χ4v) is 2.07. The van der Waals surface area contributed by atoms with E-state index in [2.05, 4.69) is 26.2 Å². The molecule has 0 aliphatic carbocycles. The monoisotopic (exact) mass is 292 g/mol. The number of anilines is 1. The van der Waals surface area contributed by atoms with Crippen molar-refractivity contribution in [2.75, 3.05) is 23.4 Å². The van der Waals surface area contributed by atoms with Crippen molar-refractivity contribution in [2.24, 2.45) is 0 Å². The lowest BCUT2D eigenvalue weighted by Gasteiger charge is -2.05. The molecule has 0 bridgehead atoms. The zero-order valence-corrected chi connectivity index (χ0v) is 10.8. The molecule has 4 nitrogen and oxygen atoms in total. The fourth-order valence-electron chi connectivity index (χ4n) is 1.00. The third-order valence-electron chi connectivity index (χ3n) is 1.89. The molecule has 0 radical (unpaired) electrons. The SMILES string of the molecule is CCS(=O)(=O)CCNc1cncc(Br)c1. The van der Waals surface area contributed by atoms with E-state index in [1.807, 2.05) is 6.07 Å². The second kappa shape index (κ2) is 5.46. The van der Waals surface area contributed by atoms with Gasteiger partial charge in [0.25, 0.3) is 0 Å². The number of nitrogens with one attached hydrogen (secondary N) is 1. The Morgan fingerprint density at radius 2 is 2.20 bits per heavy atom. The van der Waals surface area contributed by atoms with Crippen molar-refractivity contribution in [2.45, 2.75) is 6.92 Å². The molecule has 0 saturated carbocycles. The quantitative estimate of drug-likeness (QED) is 0.897. The Kier molecular flexibility index (Phi) is 4.53. The molecule has 1 aromatic rings. The van der Waals surface area contributed by atoms with Crippen molar-refractivity contribution in [1.82, 2.24) is 4.98 Å². The Labute approximate surface area is 98.2 Å². The van der Waals surface area contributed by atoms with Crippen LogP contribution in [0, 0.1) is 0 Å². The van der Waals surface area contributed by atoms with Crippen LogP contribution in [0.5, 0.6) is 0 Å². The molecule has 1 N–H and O–H groups in total. The molecule has 0 atom stereocenters. The fraction of sp³-hybridized carbons (Fsp3) is 0.444. The Morgan fingerprint density at radius 1 is 1.47 bits per heavy atom. The largest absolute Gasteiger partial charge is 0.383 e. The molecule has 1 rings (SSSR count). The lowest BCUT2D eigenvalue weighted by atomic mass is 10.4. The van der Waals surface area contributed by atoms with Gasteiger partial charge in [-0.25, -0.2) is 8.42 Å². The van der Waals surface area contributed by atoms with E-state index in [4.69, 9.17) is 0 Å². The van der Waals surface area contributed by atoms with Gasteiger partial charge in [0.05, 0.1) is 17.6 Å². The van der Waals surface area contributed by atoms with Gasteiger partial charge in [-0.2, -0.15) is 0 Å². The van der Waals surface area contributed by atoms with Crippen LogP contribution < -0.4 is 5.32 Å². The summed E-state index contributed by atoms with van der Waals surface area (Å²) in [5.41, 5.74) is 0.815. The molecule has 0 aliphatic rings. The average molecular weight is 293 g/mol. The highest BCUT2D eigenvalue weighted by Crippen LogP contribution is 2.13. The third-order valence-corrected chi connectivity index (χ3v) is 4.03. The van der Waals surface area contributed by atoms with E-state index in [1.165, 1.54) is 0 Å². The molecule has 0 aliphatic heterocycles. The molecule has 84 valence electrons. The topological polar surface area (TPSA) is 59.1 Å². The number of rotatable bonds is 5. The number of hydrogen-bond donors (Lipinski definition) is 1. The number of pyridine rings is 1. The van der Waals surface area contributed by atoms with Gasteiger partial charge < -0.3 is 5.32 Å². The molecule has 0 spiro atoms. The molecule has 1 heterocycles. The average Bonchev–Trinajstić information content (AvgIpc) is 2.18. The maximum atomic E-state index is 11.2. The summed E-state index contributed by atoms with van der Waals surface area (Å²) in [6.45, 7) is 2.06. The molecule has 15 heavy (non-hydrogen) atoms. The highest BCUT2D eigenvalue weighted by Gasteiger charge is 2.06. The zero-order valence-electron chi connectivity index (χ0n) is 8.40. The van der Waals surface area contributed by atoms with Crippen molar-refractivity contribution in [3.63, 3.8) is 0 Å². The van der Waals surface area contributed by atoms with E-state index in [9.17, 15) is 8.42 Å². The van der Waals surface area contributed by atoms with Crippen molar-refractivity contribution in [1.29, 1.82) is 0 Å². The van der Waals surface area contributed by atoms with E-state index in [0.29, 0.717) is 6.54 Å². The Hall–Kier alpha value is -0.620. The van der Waals surface area contributed by atoms with Gasteiger partial charge >= 0.3 is 0 Å². The minimum Gasteiger partial charge on any atom is -0.383 e. The van der Waals surface area contributed by atoms with Gasteiger partial charge in [0.2, 0.25) is 0 Å². The Balaban J connectivity index is 2.45. The molecule has 0 amide bonds. The standard InChI is InChI=1S/C9H13BrN2O2S/c1-2-15(13,14)4-3-12-9-5-8(10)6-11-7-9/h5-7,12H,2-4H2,1H3. The van der Waals surface area contributed by atoms with Crippen LogP contribution in [0.25, 0.3) is 0 Å². The summed E-state index contributed by atoms with van der Waals surface area (Å²) in [7, 11) is -2.89. The molecule has 0 aromatic carbocycles. The predicted molar refractivity (Wildman–Crippen MR) is 64.8 cm³/mol. The molecule has 1 aromatic heterocycles. The van der Waals surface area contributed by atoms with E-state index in [0.717, 1.165) is 10.2 Å². The van der Waals surface area contributed by atoms with Crippen LogP contribution in [0.4, 0.5) is 5.69 Å². The summed E-state index contributed by atoms with van der Waals surface area (Å²) in [6.07, 6.45) is 3.33. The van der Waals surface area contributed by atoms with E-state index in [-0.39, 0.29) is 11.5 Å². The Morgan fingerprint density at radius 3 is 2.80 bits per heavy atom. The first-order valence-corrected chi connectivity index (χ1v) is 7.20. The first kappa shape index (κ1) is 12.4. The number of sulfone groups is 1. The van der Waals surface area contributed by atoms with Crippen molar-refractivity contribution >= 4 is 31.5 Å². The molecule has 0 fully saturated rings. The third kappa shape index (κ3) is 4.61. The van der Waals surface area contributed by atoms with Crippen LogP contribution in [0.2, 0.25) is 0 Å². The van der Waals surface area contributed by atoms with Gasteiger partial charge in [-0.3, -0.25) is 4.98 Å². The van der Waals surface area contributed by atoms with Crippen molar-refractivity contribution in [3.8, 4) is 0 Å². The summed E-state index contributed by atoms with van der Waals surface area (Å²) >= 11 is 3.29. The smallest absolute Gasteiger partial charge is 0.151 e. The van der Waals surface area contributed by atoms with Gasteiger partial charge in [-0.05, 0) is 22.0 Å². The summed E-state index contributed by atoms with van der Waals surface area (Å²) < 4.78 is 23.2. The second-order valence-electron chi connectivity index (χ2n) is 3.05. The number of aromatic nitrogens is 1. The van der Waals surface area contributed by atoms with E-state index in [1.54, 1.807) is 19.3 Å². The van der Waals surface area contributed by atoms with Crippen molar-refractivity contribution in [3.05, 3.63) is 22.9 Å². The number of halogens is 1. The van der Waals surface area contributed by atoms with Gasteiger partial charge in [0.1, 0.15) is 0 Å². The molecular formula is C9H13BrN2O2S. The zero-order chi connectivity index (χ0) is 11.3. The summed E-state index contributed by atoms with van der Waals surface area (Å²) in [6, 6.07) is 1.85. The summed E-state index contributed by atoms with van der Waals surface area (Å²) in [5.74, 6) is 0.335. The van der Waals surface area contributed by atoms with Gasteiger partial charge in [-0.15, -0.1) is 0 Å². The first-order valence-electron chi connectivity index (χ1n) is 4.58. The molecule has 0 saturated heterocycles. The highest BCUT2D eigenvalue weighted by molar-refractivity contribution is 9.10. The Bertz CT molecular complexity index is 420. The predicted octanol–water partition coefficient (Wildman–Crippen LogP) is 1.69. The summed E-state index contributed by atoms with van der Waals surface area (Å²) in [4.78, 5) is 3.96. The van der Waals surface area contributed by atoms with Gasteiger partial charge in [-0.1, -0.05) is 6.92 Å². The maximum Gasteiger partial charge on any atom is 0.151 e. The maximum absolute atomic E-state index is 11.2. The van der Waals surface area contributed by atoms with Crippen LogP contribution in [-0.2, 0) is 9.84 Å². The number of nitrogens with zero attached hydrogens (tertiary/aromatic N) is 1. The minimum atomic E-state index is -2.89. The van der Waals surface area contributed by atoms with Crippen LogP contribution in [0.15, 0.2) is 22.9 Å². The minimum absolute atomic E-state index is 0.149. The van der Waals surface area contributed by atoms with E-state index >= 15 is 0 Å². The van der Waals surface area contributed by atoms with E-state index < -0.39 is 9.84 Å². The normalized spacial score (nSPS) is 11.3. The van der Waals surface area contributed by atoms with Gasteiger partial charge in [0.15, 0.2) is 9.84 Å². The lowest BCUT2D eigenvalue weighted by Crippen LogP contribution is -2.17. The molecular weight excluding hydrogens is 280 g/mol. The van der Waals surface area contributed by atoms with Gasteiger partial charge in [0, 0.05) is 23.0 Å². The van der Waals surface area contributed by atoms with Crippen LogP contribution in [0.3, 0.4) is 0 Å². The summed E-state index contributed by atoms with van der Waals surface area (Å²) in [5, 5.41) is 3.00. The number of hydrogen-bond acceptors (Lipinski definition) is 4. The van der Waals surface area contributed by atoms with Crippen LogP contribution >= 0.6 is 15.9 Å².